The summed E-state index contributed by atoms with van der Waals surface area (Å²) in [6.45, 7) is 11.0. The molecule has 3 rings (SSSR count). The maximum atomic E-state index is 12.7. The number of rotatable bonds is 4. The molecule has 0 aliphatic heterocycles. The van der Waals surface area contributed by atoms with E-state index >= 15 is 0 Å². The number of carbonyl (C=O) groups excluding carboxylic acids is 1. The number of nitrogens with zero attached hydrogens (tertiary/aromatic N) is 2. The minimum absolute atomic E-state index is 0.0996. The standard InChI is InChI=1S/C19H24N4O/c1-6-9-23-14(5)18(13(4)22-23)21-19(24)15-7-8-17-16(10-15)11(2)12(3)20-17/h7-8,10,20H,6,9H2,1-5H3,(H,21,24). The minimum atomic E-state index is -0.0996. The third-order valence-corrected chi connectivity index (χ3v) is 4.63. The van der Waals surface area contributed by atoms with E-state index in [1.54, 1.807) is 0 Å². The van der Waals surface area contributed by atoms with Crippen molar-refractivity contribution in [3.63, 3.8) is 0 Å². The fourth-order valence-corrected chi connectivity index (χ4v) is 3.10. The summed E-state index contributed by atoms with van der Waals surface area (Å²) < 4.78 is 1.95. The summed E-state index contributed by atoms with van der Waals surface area (Å²) in [5.74, 6) is -0.0996. The molecule has 0 radical (unpaired) electrons. The number of H-pyrrole nitrogens is 1. The van der Waals surface area contributed by atoms with Crippen molar-refractivity contribution in [3.05, 3.63) is 46.4 Å². The van der Waals surface area contributed by atoms with Crippen molar-refractivity contribution >= 4 is 22.5 Å². The van der Waals surface area contributed by atoms with Crippen LogP contribution in [0.1, 0.15) is 46.3 Å². The number of carbonyl (C=O) groups is 1. The first-order valence-corrected chi connectivity index (χ1v) is 8.36. The van der Waals surface area contributed by atoms with Gasteiger partial charge in [-0.05, 0) is 57.9 Å². The smallest absolute Gasteiger partial charge is 0.255 e. The number of fused-ring (bicyclic) bond motifs is 1. The summed E-state index contributed by atoms with van der Waals surface area (Å²) in [6, 6.07) is 5.77. The molecule has 3 aromatic rings. The lowest BCUT2D eigenvalue weighted by Crippen LogP contribution is -2.13. The van der Waals surface area contributed by atoms with E-state index in [-0.39, 0.29) is 5.91 Å². The van der Waals surface area contributed by atoms with Crippen molar-refractivity contribution in [2.75, 3.05) is 5.32 Å². The predicted molar refractivity (Wildman–Crippen MR) is 97.7 cm³/mol. The second-order valence-corrected chi connectivity index (χ2v) is 6.36. The van der Waals surface area contributed by atoms with Crippen molar-refractivity contribution < 1.29 is 4.79 Å². The van der Waals surface area contributed by atoms with Gasteiger partial charge in [0.15, 0.2) is 0 Å². The van der Waals surface area contributed by atoms with Gasteiger partial charge in [-0.15, -0.1) is 0 Å². The maximum Gasteiger partial charge on any atom is 0.255 e. The highest BCUT2D eigenvalue weighted by atomic mass is 16.1. The first-order valence-electron chi connectivity index (χ1n) is 8.36. The molecular weight excluding hydrogens is 300 g/mol. The number of anilines is 1. The van der Waals surface area contributed by atoms with Gasteiger partial charge in [0.05, 0.1) is 17.1 Å². The molecule has 0 fully saturated rings. The second-order valence-electron chi connectivity index (χ2n) is 6.36. The fraction of sp³-hybridized carbons (Fsp3) is 0.368. The zero-order chi connectivity index (χ0) is 17.4. The summed E-state index contributed by atoms with van der Waals surface area (Å²) >= 11 is 0. The van der Waals surface area contributed by atoms with Gasteiger partial charge in [-0.3, -0.25) is 9.48 Å². The number of aromatic nitrogens is 3. The molecule has 0 saturated heterocycles. The summed E-state index contributed by atoms with van der Waals surface area (Å²) in [5.41, 5.74) is 6.70. The maximum absolute atomic E-state index is 12.7. The third kappa shape index (κ3) is 2.70. The van der Waals surface area contributed by atoms with Gasteiger partial charge in [-0.2, -0.15) is 5.10 Å². The van der Waals surface area contributed by atoms with Crippen LogP contribution in [0.3, 0.4) is 0 Å². The molecule has 0 atom stereocenters. The Morgan fingerprint density at radius 1 is 1.25 bits per heavy atom. The van der Waals surface area contributed by atoms with Gasteiger partial charge in [0.25, 0.3) is 5.91 Å². The molecule has 1 aromatic carbocycles. The van der Waals surface area contributed by atoms with E-state index in [0.717, 1.165) is 46.6 Å². The van der Waals surface area contributed by atoms with Gasteiger partial charge in [0.2, 0.25) is 0 Å². The van der Waals surface area contributed by atoms with E-state index in [0.29, 0.717) is 5.56 Å². The quantitative estimate of drug-likeness (QED) is 0.753. The molecule has 0 spiro atoms. The van der Waals surface area contributed by atoms with Crippen LogP contribution in [0.15, 0.2) is 18.2 Å². The number of aryl methyl sites for hydroxylation is 4. The molecule has 0 saturated carbocycles. The molecule has 5 nitrogen and oxygen atoms in total. The molecular formula is C19H24N4O. The molecule has 24 heavy (non-hydrogen) atoms. The first-order chi connectivity index (χ1) is 11.4. The lowest BCUT2D eigenvalue weighted by molar-refractivity contribution is 0.102. The van der Waals surface area contributed by atoms with Crippen molar-refractivity contribution in [1.29, 1.82) is 0 Å². The first kappa shape index (κ1) is 16.3. The highest BCUT2D eigenvalue weighted by molar-refractivity contribution is 6.07. The Hall–Kier alpha value is -2.56. The minimum Gasteiger partial charge on any atom is -0.358 e. The van der Waals surface area contributed by atoms with Crippen LogP contribution >= 0.6 is 0 Å². The number of aromatic amines is 1. The predicted octanol–water partition coefficient (Wildman–Crippen LogP) is 4.26. The summed E-state index contributed by atoms with van der Waals surface area (Å²) in [5, 5.41) is 8.64. The van der Waals surface area contributed by atoms with Crippen LogP contribution in [-0.4, -0.2) is 20.7 Å². The Bertz CT molecular complexity index is 917. The average molecular weight is 324 g/mol. The number of nitrogens with one attached hydrogen (secondary N) is 2. The highest BCUT2D eigenvalue weighted by Crippen LogP contribution is 2.24. The third-order valence-electron chi connectivity index (χ3n) is 4.63. The van der Waals surface area contributed by atoms with E-state index < -0.39 is 0 Å². The van der Waals surface area contributed by atoms with Gasteiger partial charge < -0.3 is 10.3 Å². The van der Waals surface area contributed by atoms with Gasteiger partial charge in [0, 0.05) is 28.7 Å². The molecule has 0 aliphatic rings. The molecule has 2 N–H and O–H groups in total. The Labute approximate surface area is 142 Å². The molecule has 2 heterocycles. The van der Waals surface area contributed by atoms with Crippen LogP contribution in [-0.2, 0) is 6.54 Å². The van der Waals surface area contributed by atoms with Gasteiger partial charge in [-0.1, -0.05) is 6.92 Å². The van der Waals surface area contributed by atoms with Crippen molar-refractivity contribution in [2.45, 2.75) is 47.6 Å². The zero-order valence-corrected chi connectivity index (χ0v) is 14.9. The number of benzene rings is 1. The second kappa shape index (κ2) is 6.15. The summed E-state index contributed by atoms with van der Waals surface area (Å²) in [4.78, 5) is 16.0. The van der Waals surface area contributed by atoms with Crippen LogP contribution < -0.4 is 5.32 Å². The lowest BCUT2D eigenvalue weighted by atomic mass is 10.1. The number of hydrogen-bond acceptors (Lipinski definition) is 2. The van der Waals surface area contributed by atoms with Gasteiger partial charge >= 0.3 is 0 Å². The van der Waals surface area contributed by atoms with E-state index in [4.69, 9.17) is 0 Å². The molecule has 5 heteroatoms. The molecule has 1 amide bonds. The monoisotopic (exact) mass is 324 g/mol. The van der Waals surface area contributed by atoms with Gasteiger partial charge in [0.1, 0.15) is 0 Å². The van der Waals surface area contributed by atoms with Crippen molar-refractivity contribution in [3.8, 4) is 0 Å². The summed E-state index contributed by atoms with van der Waals surface area (Å²) in [6.07, 6.45) is 1.01. The Balaban J connectivity index is 1.91. The Kier molecular flexibility index (Phi) is 4.18. The fourth-order valence-electron chi connectivity index (χ4n) is 3.10. The largest absolute Gasteiger partial charge is 0.358 e. The molecule has 126 valence electrons. The van der Waals surface area contributed by atoms with Crippen LogP contribution in [0.25, 0.3) is 10.9 Å². The topological polar surface area (TPSA) is 62.7 Å². The number of amides is 1. The molecule has 2 aromatic heterocycles. The van der Waals surface area contributed by atoms with Crippen LogP contribution in [0.2, 0.25) is 0 Å². The number of hydrogen-bond donors (Lipinski definition) is 2. The average Bonchev–Trinajstić information content (AvgIpc) is 2.98. The van der Waals surface area contributed by atoms with Crippen LogP contribution in [0, 0.1) is 27.7 Å². The van der Waals surface area contributed by atoms with E-state index in [9.17, 15) is 4.79 Å². The van der Waals surface area contributed by atoms with E-state index in [1.165, 1.54) is 5.56 Å². The normalized spacial score (nSPS) is 11.2. The summed E-state index contributed by atoms with van der Waals surface area (Å²) in [7, 11) is 0. The Morgan fingerprint density at radius 3 is 2.71 bits per heavy atom. The van der Waals surface area contributed by atoms with Crippen molar-refractivity contribution in [1.82, 2.24) is 14.8 Å². The van der Waals surface area contributed by atoms with Gasteiger partial charge in [-0.25, -0.2) is 0 Å². The zero-order valence-electron chi connectivity index (χ0n) is 14.9. The van der Waals surface area contributed by atoms with E-state index in [1.807, 2.05) is 43.7 Å². The lowest BCUT2D eigenvalue weighted by Gasteiger charge is -2.07. The molecule has 0 bridgehead atoms. The van der Waals surface area contributed by atoms with Crippen LogP contribution in [0.4, 0.5) is 5.69 Å². The SMILES string of the molecule is CCCn1nc(C)c(NC(=O)c2ccc3[nH]c(C)c(C)c3c2)c1C. The molecule has 0 unspecified atom stereocenters. The van der Waals surface area contributed by atoms with Crippen molar-refractivity contribution in [2.24, 2.45) is 0 Å². The van der Waals surface area contributed by atoms with Crippen LogP contribution in [0.5, 0.6) is 0 Å². The Morgan fingerprint density at radius 2 is 2.00 bits per heavy atom. The molecule has 0 aliphatic carbocycles. The van der Waals surface area contributed by atoms with E-state index in [2.05, 4.69) is 29.2 Å². The highest BCUT2D eigenvalue weighted by Gasteiger charge is 2.16.